The molecule has 2 aromatic rings. The smallest absolute Gasteiger partial charge is 0.357 e. The monoisotopic (exact) mass is 377 g/mol. The third kappa shape index (κ3) is 3.39. The van der Waals surface area contributed by atoms with Crippen LogP contribution < -0.4 is 11.2 Å². The van der Waals surface area contributed by atoms with Crippen LogP contribution in [0.3, 0.4) is 0 Å². The van der Waals surface area contributed by atoms with E-state index in [4.69, 9.17) is 34.8 Å². The molecule has 8 nitrogen and oxygen atoms in total. The second-order valence-electron chi connectivity index (χ2n) is 4.18. The number of hydrogen-bond donors (Lipinski definition) is 3. The second-order valence-corrected chi connectivity index (χ2v) is 5.37. The van der Waals surface area contributed by atoms with Gasteiger partial charge in [-0.3, -0.25) is 19.9 Å². The lowest BCUT2D eigenvalue weighted by Gasteiger charge is -2.06. The van der Waals surface area contributed by atoms with Crippen LogP contribution in [0.4, 0.5) is 5.69 Å². The summed E-state index contributed by atoms with van der Waals surface area (Å²) in [6.07, 6.45) is 2.26. The summed E-state index contributed by atoms with van der Waals surface area (Å²) in [4.78, 5) is 36.6. The van der Waals surface area contributed by atoms with Crippen molar-refractivity contribution in [3.8, 4) is 5.75 Å². The molecule has 11 heteroatoms. The molecule has 0 saturated heterocycles. The van der Waals surface area contributed by atoms with Gasteiger partial charge in [0.15, 0.2) is 5.75 Å². The van der Waals surface area contributed by atoms with E-state index in [9.17, 15) is 24.8 Å². The summed E-state index contributed by atoms with van der Waals surface area (Å²) in [5, 5.41) is 20.4. The topological polar surface area (TPSA) is 129 Å². The zero-order valence-corrected chi connectivity index (χ0v) is 13.2. The Labute approximate surface area is 142 Å². The number of aromatic amines is 2. The molecule has 0 aliphatic heterocycles. The number of nitrogens with zero attached hydrogens (tertiary/aromatic N) is 1. The van der Waals surface area contributed by atoms with Crippen molar-refractivity contribution < 1.29 is 10.0 Å². The number of rotatable bonds is 3. The van der Waals surface area contributed by atoms with E-state index in [0.717, 1.165) is 6.08 Å². The zero-order valence-electron chi connectivity index (χ0n) is 10.9. The van der Waals surface area contributed by atoms with E-state index in [1.54, 1.807) is 4.98 Å². The number of nitrogens with one attached hydrogen (secondary N) is 2. The Morgan fingerprint density at radius 1 is 1.13 bits per heavy atom. The first kappa shape index (κ1) is 17.1. The van der Waals surface area contributed by atoms with Crippen molar-refractivity contribution >= 4 is 52.6 Å². The highest BCUT2D eigenvalue weighted by Crippen LogP contribution is 2.39. The number of halogens is 3. The van der Waals surface area contributed by atoms with Crippen molar-refractivity contribution in [1.29, 1.82) is 0 Å². The molecule has 1 heterocycles. The van der Waals surface area contributed by atoms with Gasteiger partial charge in [0, 0.05) is 5.56 Å². The van der Waals surface area contributed by atoms with E-state index in [0.29, 0.717) is 0 Å². The first-order valence-electron chi connectivity index (χ1n) is 5.78. The van der Waals surface area contributed by atoms with E-state index in [-0.39, 0.29) is 26.3 Å². The Kier molecular flexibility index (Phi) is 4.79. The van der Waals surface area contributed by atoms with Gasteiger partial charge in [-0.1, -0.05) is 34.8 Å². The first-order valence-corrected chi connectivity index (χ1v) is 6.91. The Hall–Kier alpha value is -2.29. The van der Waals surface area contributed by atoms with Gasteiger partial charge < -0.3 is 10.1 Å². The minimum Gasteiger partial charge on any atom is -0.505 e. The molecular weight excluding hydrogens is 373 g/mol. The van der Waals surface area contributed by atoms with Gasteiger partial charge in [0.1, 0.15) is 5.69 Å². The number of benzene rings is 1. The fourth-order valence-corrected chi connectivity index (χ4v) is 2.60. The maximum atomic E-state index is 11.5. The highest BCUT2D eigenvalue weighted by Gasteiger charge is 2.19. The Balaban J connectivity index is 2.63. The normalized spacial score (nSPS) is 11.1. The van der Waals surface area contributed by atoms with Crippen LogP contribution in [0.2, 0.25) is 15.1 Å². The number of phenols is 1. The SMILES string of the molecule is O=c1[nH]c(/C=C/c2c(Cl)cc(Cl)c(O)c2Cl)c([N+](=O)[O-])c(=O)[nH]1. The van der Waals surface area contributed by atoms with Gasteiger partial charge in [-0.15, -0.1) is 0 Å². The molecule has 23 heavy (non-hydrogen) atoms. The quantitative estimate of drug-likeness (QED) is 0.558. The van der Waals surface area contributed by atoms with Gasteiger partial charge in [-0.25, -0.2) is 4.79 Å². The molecule has 120 valence electrons. The van der Waals surface area contributed by atoms with Crippen molar-refractivity contribution in [1.82, 2.24) is 9.97 Å². The molecule has 3 N–H and O–H groups in total. The summed E-state index contributed by atoms with van der Waals surface area (Å²) in [6.45, 7) is 0. The Bertz CT molecular complexity index is 948. The van der Waals surface area contributed by atoms with E-state index in [1.165, 1.54) is 12.1 Å². The average molecular weight is 379 g/mol. The van der Waals surface area contributed by atoms with Crippen molar-refractivity contribution in [2.45, 2.75) is 0 Å². The molecule has 0 bridgehead atoms. The Morgan fingerprint density at radius 3 is 2.39 bits per heavy atom. The van der Waals surface area contributed by atoms with Gasteiger partial charge in [0.05, 0.1) is 20.0 Å². The molecule has 0 aliphatic rings. The molecule has 0 aliphatic carbocycles. The third-order valence-corrected chi connectivity index (χ3v) is 3.71. The Morgan fingerprint density at radius 2 is 1.78 bits per heavy atom. The van der Waals surface area contributed by atoms with E-state index >= 15 is 0 Å². The lowest BCUT2D eigenvalue weighted by atomic mass is 10.1. The van der Waals surface area contributed by atoms with Crippen LogP contribution in [0.1, 0.15) is 11.3 Å². The first-order chi connectivity index (χ1) is 10.7. The number of aromatic hydroxyl groups is 1. The van der Waals surface area contributed by atoms with Gasteiger partial charge in [0.25, 0.3) is 0 Å². The number of phenolic OH excluding ortho intramolecular Hbond substituents is 1. The van der Waals surface area contributed by atoms with Gasteiger partial charge in [0.2, 0.25) is 0 Å². The van der Waals surface area contributed by atoms with Crippen LogP contribution in [-0.4, -0.2) is 20.0 Å². The van der Waals surface area contributed by atoms with Crippen molar-refractivity contribution in [2.24, 2.45) is 0 Å². The summed E-state index contributed by atoms with van der Waals surface area (Å²) in [5.41, 5.74) is -3.19. The van der Waals surface area contributed by atoms with Gasteiger partial charge in [-0.05, 0) is 18.2 Å². The maximum absolute atomic E-state index is 11.5. The number of hydrogen-bond acceptors (Lipinski definition) is 5. The molecule has 1 aromatic heterocycles. The fourth-order valence-electron chi connectivity index (χ4n) is 1.71. The van der Waals surface area contributed by atoms with Crippen LogP contribution in [0.25, 0.3) is 12.2 Å². The minimum atomic E-state index is -1.16. The number of H-pyrrole nitrogens is 2. The van der Waals surface area contributed by atoms with Crippen molar-refractivity contribution in [3.05, 3.63) is 63.3 Å². The maximum Gasteiger partial charge on any atom is 0.357 e. The standard InChI is InChI=1S/C12H6Cl3N3O5/c13-5-3-6(14)10(19)8(15)4(5)1-2-7-9(18(22)23)11(20)17-12(21)16-7/h1-3,19H,(H2,16,17,20,21)/b2-1+. The lowest BCUT2D eigenvalue weighted by molar-refractivity contribution is -0.386. The molecular formula is C12H6Cl3N3O5. The molecule has 0 atom stereocenters. The van der Waals surface area contributed by atoms with Crippen LogP contribution >= 0.6 is 34.8 Å². The molecule has 1 aromatic carbocycles. The molecule has 0 radical (unpaired) electrons. The number of nitro groups is 1. The highest BCUT2D eigenvalue weighted by atomic mass is 35.5. The summed E-state index contributed by atoms with van der Waals surface area (Å²) in [6, 6.07) is 1.22. The summed E-state index contributed by atoms with van der Waals surface area (Å²) >= 11 is 17.5. The summed E-state index contributed by atoms with van der Waals surface area (Å²) < 4.78 is 0. The summed E-state index contributed by atoms with van der Waals surface area (Å²) in [7, 11) is 0. The molecule has 0 unspecified atom stereocenters. The van der Waals surface area contributed by atoms with E-state index in [2.05, 4.69) is 4.98 Å². The van der Waals surface area contributed by atoms with E-state index < -0.39 is 27.6 Å². The fraction of sp³-hybridized carbons (Fsp3) is 0. The lowest BCUT2D eigenvalue weighted by Crippen LogP contribution is -2.25. The van der Waals surface area contributed by atoms with Crippen molar-refractivity contribution in [3.63, 3.8) is 0 Å². The predicted octanol–water partition coefficient (Wildman–Crippen LogP) is 2.81. The second kappa shape index (κ2) is 6.45. The van der Waals surface area contributed by atoms with E-state index in [1.807, 2.05) is 0 Å². The van der Waals surface area contributed by atoms with Gasteiger partial charge >= 0.3 is 16.9 Å². The zero-order chi connectivity index (χ0) is 17.3. The minimum absolute atomic E-state index is 0.0592. The van der Waals surface area contributed by atoms with Crippen LogP contribution in [-0.2, 0) is 0 Å². The molecule has 2 rings (SSSR count). The van der Waals surface area contributed by atoms with Crippen molar-refractivity contribution in [2.75, 3.05) is 0 Å². The largest absolute Gasteiger partial charge is 0.505 e. The molecule has 0 saturated carbocycles. The average Bonchev–Trinajstić information content (AvgIpc) is 2.43. The van der Waals surface area contributed by atoms with Crippen LogP contribution in [0, 0.1) is 10.1 Å². The van der Waals surface area contributed by atoms with Gasteiger partial charge in [-0.2, -0.15) is 0 Å². The molecule has 0 amide bonds. The summed E-state index contributed by atoms with van der Waals surface area (Å²) in [5.74, 6) is -0.425. The predicted molar refractivity (Wildman–Crippen MR) is 86.4 cm³/mol. The molecule has 0 spiro atoms. The van der Waals surface area contributed by atoms with Crippen LogP contribution in [0.15, 0.2) is 15.7 Å². The third-order valence-electron chi connectivity index (χ3n) is 2.73. The number of aromatic nitrogens is 2. The van der Waals surface area contributed by atoms with Crippen LogP contribution in [0.5, 0.6) is 5.75 Å². The highest BCUT2D eigenvalue weighted by molar-refractivity contribution is 6.42. The molecule has 0 fully saturated rings.